The summed E-state index contributed by atoms with van der Waals surface area (Å²) in [6, 6.07) is 5.70. The highest BCUT2D eigenvalue weighted by molar-refractivity contribution is 5.94. The van der Waals surface area contributed by atoms with Gasteiger partial charge in [0.1, 0.15) is 5.82 Å². The summed E-state index contributed by atoms with van der Waals surface area (Å²) in [6.07, 6.45) is 8.95. The summed E-state index contributed by atoms with van der Waals surface area (Å²) < 4.78 is 0. The topological polar surface area (TPSA) is 65.5 Å². The first-order valence-corrected chi connectivity index (χ1v) is 9.33. The molecule has 2 aromatic rings. The minimum Gasteiger partial charge on any atom is -0.357 e. The molecule has 0 aliphatic carbocycles. The molecule has 2 aromatic heterocycles. The number of nitrogens with zero attached hydrogens (tertiary/aromatic N) is 6. The largest absolute Gasteiger partial charge is 0.357 e. The van der Waals surface area contributed by atoms with Gasteiger partial charge in [0.2, 0.25) is 5.95 Å². The maximum atomic E-state index is 12.8. The van der Waals surface area contributed by atoms with Crippen LogP contribution in [0, 0.1) is 0 Å². The monoisotopic (exact) mass is 352 g/mol. The quantitative estimate of drug-likeness (QED) is 0.840. The second kappa shape index (κ2) is 7.68. The second-order valence-corrected chi connectivity index (χ2v) is 6.78. The lowest BCUT2D eigenvalue weighted by molar-refractivity contribution is 0.0746. The summed E-state index contributed by atoms with van der Waals surface area (Å²) in [5, 5.41) is 0. The Kier molecular flexibility index (Phi) is 4.95. The SMILES string of the molecule is O=C(c1ccc(N2CCCCC2)nc1)N1CCN(c2ncccn2)CC1. The Labute approximate surface area is 153 Å². The van der Waals surface area contributed by atoms with Gasteiger partial charge in [0, 0.05) is 57.9 Å². The number of rotatable bonds is 3. The summed E-state index contributed by atoms with van der Waals surface area (Å²) in [5.74, 6) is 1.76. The van der Waals surface area contributed by atoms with Gasteiger partial charge in [-0.25, -0.2) is 15.0 Å². The number of pyridine rings is 1. The van der Waals surface area contributed by atoms with E-state index in [2.05, 4.69) is 24.8 Å². The van der Waals surface area contributed by atoms with Gasteiger partial charge in [-0.15, -0.1) is 0 Å². The summed E-state index contributed by atoms with van der Waals surface area (Å²) in [7, 11) is 0. The lowest BCUT2D eigenvalue weighted by Crippen LogP contribution is -2.49. The van der Waals surface area contributed by atoms with Crippen LogP contribution in [-0.2, 0) is 0 Å². The summed E-state index contributed by atoms with van der Waals surface area (Å²) in [4.78, 5) is 32.1. The van der Waals surface area contributed by atoms with Gasteiger partial charge in [-0.05, 0) is 37.5 Å². The van der Waals surface area contributed by atoms with Crippen molar-refractivity contribution in [2.45, 2.75) is 19.3 Å². The first kappa shape index (κ1) is 16.8. The molecule has 0 saturated carbocycles. The zero-order valence-electron chi connectivity index (χ0n) is 14.9. The average Bonchev–Trinajstić information content (AvgIpc) is 2.75. The molecule has 0 bridgehead atoms. The Balaban J connectivity index is 1.36. The lowest BCUT2D eigenvalue weighted by Gasteiger charge is -2.34. The van der Waals surface area contributed by atoms with Crippen molar-refractivity contribution in [3.05, 3.63) is 42.4 Å². The molecule has 0 aromatic carbocycles. The van der Waals surface area contributed by atoms with Crippen molar-refractivity contribution >= 4 is 17.7 Å². The molecular weight excluding hydrogens is 328 g/mol. The lowest BCUT2D eigenvalue weighted by atomic mass is 10.1. The predicted octanol–water partition coefficient (Wildman–Crippen LogP) is 1.82. The van der Waals surface area contributed by atoms with Gasteiger partial charge in [-0.1, -0.05) is 0 Å². The van der Waals surface area contributed by atoms with E-state index in [1.54, 1.807) is 18.6 Å². The van der Waals surface area contributed by atoms with Crippen LogP contribution < -0.4 is 9.80 Å². The van der Waals surface area contributed by atoms with Crippen LogP contribution in [0.25, 0.3) is 0 Å². The molecule has 7 heteroatoms. The van der Waals surface area contributed by atoms with Crippen molar-refractivity contribution in [1.29, 1.82) is 0 Å². The van der Waals surface area contributed by atoms with Crippen molar-refractivity contribution in [3.8, 4) is 0 Å². The van der Waals surface area contributed by atoms with Crippen molar-refractivity contribution in [2.24, 2.45) is 0 Å². The molecule has 2 aliphatic rings. The smallest absolute Gasteiger partial charge is 0.255 e. The van der Waals surface area contributed by atoms with E-state index >= 15 is 0 Å². The Bertz CT molecular complexity index is 721. The normalized spacial score (nSPS) is 18.1. The molecule has 0 spiro atoms. The number of carbonyl (C=O) groups excluding carboxylic acids is 1. The van der Waals surface area contributed by atoms with Crippen LogP contribution >= 0.6 is 0 Å². The van der Waals surface area contributed by atoms with Gasteiger partial charge in [0.25, 0.3) is 5.91 Å². The Hall–Kier alpha value is -2.70. The van der Waals surface area contributed by atoms with Gasteiger partial charge in [0.05, 0.1) is 5.56 Å². The fourth-order valence-corrected chi connectivity index (χ4v) is 3.57. The molecule has 7 nitrogen and oxygen atoms in total. The van der Waals surface area contributed by atoms with E-state index in [4.69, 9.17) is 0 Å². The van der Waals surface area contributed by atoms with E-state index in [1.807, 2.05) is 23.1 Å². The molecule has 0 radical (unpaired) electrons. The number of piperazine rings is 1. The number of piperidine rings is 1. The highest BCUT2D eigenvalue weighted by Gasteiger charge is 2.23. The minimum atomic E-state index is 0.0522. The minimum absolute atomic E-state index is 0.0522. The summed E-state index contributed by atoms with van der Waals surface area (Å²) in [5.41, 5.74) is 0.662. The summed E-state index contributed by atoms with van der Waals surface area (Å²) in [6.45, 7) is 4.95. The van der Waals surface area contributed by atoms with Gasteiger partial charge in [0.15, 0.2) is 0 Å². The van der Waals surface area contributed by atoms with Crippen molar-refractivity contribution in [2.75, 3.05) is 49.1 Å². The van der Waals surface area contributed by atoms with Crippen molar-refractivity contribution in [1.82, 2.24) is 19.9 Å². The molecule has 26 heavy (non-hydrogen) atoms. The van der Waals surface area contributed by atoms with E-state index < -0.39 is 0 Å². The molecule has 2 fully saturated rings. The van der Waals surface area contributed by atoms with Crippen molar-refractivity contribution in [3.63, 3.8) is 0 Å². The molecule has 4 rings (SSSR count). The highest BCUT2D eigenvalue weighted by atomic mass is 16.2. The van der Waals surface area contributed by atoms with Gasteiger partial charge in [-0.2, -0.15) is 0 Å². The van der Waals surface area contributed by atoms with E-state index in [0.29, 0.717) is 18.7 Å². The highest BCUT2D eigenvalue weighted by Crippen LogP contribution is 2.18. The van der Waals surface area contributed by atoms with Crippen LogP contribution in [0.5, 0.6) is 0 Å². The van der Waals surface area contributed by atoms with Crippen LogP contribution in [-0.4, -0.2) is 65.0 Å². The standard InChI is InChI=1S/C19H24N6O/c26-18(16-5-6-17(22-15-16)23-9-2-1-3-10-23)24-11-13-25(14-12-24)19-20-7-4-8-21-19/h4-8,15H,1-3,9-14H2. The number of hydrogen-bond donors (Lipinski definition) is 0. The molecule has 2 aliphatic heterocycles. The Morgan fingerprint density at radius 2 is 1.54 bits per heavy atom. The first-order valence-electron chi connectivity index (χ1n) is 9.33. The molecule has 4 heterocycles. The summed E-state index contributed by atoms with van der Waals surface area (Å²) >= 11 is 0. The fraction of sp³-hybridized carbons (Fsp3) is 0.474. The van der Waals surface area contributed by atoms with Crippen LogP contribution in [0.2, 0.25) is 0 Å². The molecule has 0 atom stereocenters. The van der Waals surface area contributed by atoms with E-state index in [0.717, 1.165) is 37.9 Å². The van der Waals surface area contributed by atoms with Gasteiger partial charge >= 0.3 is 0 Å². The first-order chi connectivity index (χ1) is 12.8. The van der Waals surface area contributed by atoms with Gasteiger partial charge < -0.3 is 14.7 Å². The maximum Gasteiger partial charge on any atom is 0.255 e. The van der Waals surface area contributed by atoms with E-state index in [-0.39, 0.29) is 5.91 Å². The number of hydrogen-bond acceptors (Lipinski definition) is 6. The Morgan fingerprint density at radius 1 is 0.808 bits per heavy atom. The molecule has 0 unspecified atom stereocenters. The number of carbonyl (C=O) groups is 1. The molecular formula is C19H24N6O. The average molecular weight is 352 g/mol. The van der Waals surface area contributed by atoms with Gasteiger partial charge in [-0.3, -0.25) is 4.79 Å². The zero-order valence-corrected chi connectivity index (χ0v) is 14.9. The molecule has 136 valence electrons. The third-order valence-electron chi connectivity index (χ3n) is 5.08. The van der Waals surface area contributed by atoms with Crippen LogP contribution in [0.1, 0.15) is 29.6 Å². The zero-order chi connectivity index (χ0) is 17.8. The number of anilines is 2. The molecule has 0 N–H and O–H groups in total. The van der Waals surface area contributed by atoms with Crippen molar-refractivity contribution < 1.29 is 4.79 Å². The van der Waals surface area contributed by atoms with Crippen LogP contribution in [0.15, 0.2) is 36.8 Å². The fourth-order valence-electron chi connectivity index (χ4n) is 3.57. The van der Waals surface area contributed by atoms with E-state index in [9.17, 15) is 4.79 Å². The maximum absolute atomic E-state index is 12.8. The van der Waals surface area contributed by atoms with Crippen LogP contribution in [0.4, 0.5) is 11.8 Å². The predicted molar refractivity (Wildman–Crippen MR) is 100 cm³/mol. The number of amides is 1. The Morgan fingerprint density at radius 3 is 2.19 bits per heavy atom. The van der Waals surface area contributed by atoms with Crippen LogP contribution in [0.3, 0.4) is 0 Å². The molecule has 1 amide bonds. The third-order valence-corrected chi connectivity index (χ3v) is 5.08. The number of aromatic nitrogens is 3. The molecule has 2 saturated heterocycles. The third kappa shape index (κ3) is 3.61. The second-order valence-electron chi connectivity index (χ2n) is 6.78. The van der Waals surface area contributed by atoms with E-state index in [1.165, 1.54) is 19.3 Å².